The number of hydrogen-bond acceptors (Lipinski definition) is 4. The summed E-state index contributed by atoms with van der Waals surface area (Å²) in [6.45, 7) is 9.52. The summed E-state index contributed by atoms with van der Waals surface area (Å²) in [6.07, 6.45) is 1.70. The lowest BCUT2D eigenvalue weighted by molar-refractivity contribution is 0.0425. The Labute approximate surface area is 144 Å². The molecule has 3 rings (SSSR count). The molecule has 1 saturated heterocycles. The molecule has 0 aromatic heterocycles. The summed E-state index contributed by atoms with van der Waals surface area (Å²) >= 11 is 0. The number of hydrogen-bond donors (Lipinski definition) is 2. The maximum absolute atomic E-state index is 12.2. The summed E-state index contributed by atoms with van der Waals surface area (Å²) < 4.78 is 5.44. The summed E-state index contributed by atoms with van der Waals surface area (Å²) in [7, 11) is 0. The van der Waals surface area contributed by atoms with E-state index in [1.54, 1.807) is 0 Å². The zero-order valence-electron chi connectivity index (χ0n) is 15.0. The quantitative estimate of drug-likeness (QED) is 0.873. The number of alkyl carbamates (subject to hydrolysis) is 1. The van der Waals surface area contributed by atoms with Crippen LogP contribution in [0.4, 0.5) is 4.79 Å². The molecule has 0 bridgehead atoms. The highest BCUT2D eigenvalue weighted by atomic mass is 16.6. The van der Waals surface area contributed by atoms with Crippen molar-refractivity contribution in [2.75, 3.05) is 19.6 Å². The standard InChI is InChI=1S/C19H29N3O2/c1-19(2,3)24-18(23)21-16-8-10-20-12-17(16)22-11-9-14-6-4-5-7-15(14)13-22/h4-7,16-17,20H,8-13H2,1-3H3,(H,21,23). The number of nitrogens with zero attached hydrogens (tertiary/aromatic N) is 1. The van der Waals surface area contributed by atoms with E-state index in [2.05, 4.69) is 39.8 Å². The first-order valence-electron chi connectivity index (χ1n) is 8.93. The highest BCUT2D eigenvalue weighted by Gasteiger charge is 2.33. The maximum Gasteiger partial charge on any atom is 0.407 e. The van der Waals surface area contributed by atoms with Crippen LogP contribution < -0.4 is 10.6 Å². The van der Waals surface area contributed by atoms with Gasteiger partial charge in [0, 0.05) is 25.7 Å². The van der Waals surface area contributed by atoms with Gasteiger partial charge in [-0.1, -0.05) is 24.3 Å². The molecule has 0 spiro atoms. The van der Waals surface area contributed by atoms with Crippen LogP contribution in [0.25, 0.3) is 0 Å². The van der Waals surface area contributed by atoms with Crippen molar-refractivity contribution >= 4 is 6.09 Å². The van der Waals surface area contributed by atoms with Crippen LogP contribution in [0.5, 0.6) is 0 Å². The van der Waals surface area contributed by atoms with Crippen LogP contribution >= 0.6 is 0 Å². The van der Waals surface area contributed by atoms with Crippen LogP contribution in [-0.4, -0.2) is 48.3 Å². The van der Waals surface area contributed by atoms with E-state index in [0.717, 1.165) is 39.0 Å². The van der Waals surface area contributed by atoms with Gasteiger partial charge in [0.2, 0.25) is 0 Å². The Hall–Kier alpha value is -1.59. The minimum absolute atomic E-state index is 0.131. The molecule has 0 radical (unpaired) electrons. The minimum Gasteiger partial charge on any atom is -0.444 e. The maximum atomic E-state index is 12.2. The molecule has 1 aromatic rings. The lowest BCUT2D eigenvalue weighted by Gasteiger charge is -2.42. The van der Waals surface area contributed by atoms with E-state index < -0.39 is 5.60 Å². The van der Waals surface area contributed by atoms with Crippen molar-refractivity contribution in [3.05, 3.63) is 35.4 Å². The number of ether oxygens (including phenoxy) is 1. The van der Waals surface area contributed by atoms with Gasteiger partial charge in [0.15, 0.2) is 0 Å². The van der Waals surface area contributed by atoms with Crippen LogP contribution in [0, 0.1) is 0 Å². The summed E-state index contributed by atoms with van der Waals surface area (Å²) in [5.74, 6) is 0. The normalized spacial score (nSPS) is 25.0. The van der Waals surface area contributed by atoms with Gasteiger partial charge in [-0.25, -0.2) is 4.79 Å². The van der Waals surface area contributed by atoms with Crippen LogP contribution in [0.1, 0.15) is 38.3 Å². The number of nitrogens with one attached hydrogen (secondary N) is 2. The highest BCUT2D eigenvalue weighted by Crippen LogP contribution is 2.23. The van der Waals surface area contributed by atoms with E-state index in [0.29, 0.717) is 6.04 Å². The Morgan fingerprint density at radius 2 is 2.04 bits per heavy atom. The fourth-order valence-electron chi connectivity index (χ4n) is 3.65. The highest BCUT2D eigenvalue weighted by molar-refractivity contribution is 5.68. The fraction of sp³-hybridized carbons (Fsp3) is 0.632. The van der Waals surface area contributed by atoms with Gasteiger partial charge in [0.05, 0.1) is 6.04 Å². The van der Waals surface area contributed by atoms with Gasteiger partial charge < -0.3 is 15.4 Å². The van der Waals surface area contributed by atoms with E-state index in [4.69, 9.17) is 4.74 Å². The number of rotatable bonds is 2. The summed E-state index contributed by atoms with van der Waals surface area (Å²) in [6, 6.07) is 9.10. The first-order valence-corrected chi connectivity index (χ1v) is 8.93. The molecule has 2 atom stereocenters. The number of carbonyl (C=O) groups is 1. The molecule has 5 nitrogen and oxygen atoms in total. The molecule has 132 valence electrons. The summed E-state index contributed by atoms with van der Waals surface area (Å²) in [5.41, 5.74) is 2.40. The third-order valence-corrected chi connectivity index (χ3v) is 4.78. The van der Waals surface area contributed by atoms with Crippen LogP contribution in [0.3, 0.4) is 0 Å². The Morgan fingerprint density at radius 1 is 1.29 bits per heavy atom. The Balaban J connectivity index is 1.66. The molecule has 24 heavy (non-hydrogen) atoms. The van der Waals surface area contributed by atoms with Gasteiger partial charge in [0.25, 0.3) is 0 Å². The second-order valence-electron chi connectivity index (χ2n) is 7.80. The number of piperidine rings is 1. The molecule has 2 heterocycles. The fourth-order valence-corrected chi connectivity index (χ4v) is 3.65. The summed E-state index contributed by atoms with van der Waals surface area (Å²) in [5, 5.41) is 6.58. The van der Waals surface area contributed by atoms with Gasteiger partial charge in [-0.15, -0.1) is 0 Å². The van der Waals surface area contributed by atoms with Gasteiger partial charge in [-0.3, -0.25) is 4.90 Å². The molecule has 2 unspecified atom stereocenters. The largest absolute Gasteiger partial charge is 0.444 e. The van der Waals surface area contributed by atoms with Gasteiger partial charge in [-0.05, 0) is 51.3 Å². The molecular formula is C19H29N3O2. The molecule has 0 saturated carbocycles. The average Bonchev–Trinajstić information content (AvgIpc) is 2.53. The number of carbonyl (C=O) groups excluding carboxylic acids is 1. The van der Waals surface area contributed by atoms with Crippen molar-refractivity contribution in [1.82, 2.24) is 15.5 Å². The van der Waals surface area contributed by atoms with E-state index in [-0.39, 0.29) is 12.1 Å². The predicted molar refractivity (Wildman–Crippen MR) is 95.0 cm³/mol. The Morgan fingerprint density at radius 3 is 2.79 bits per heavy atom. The lowest BCUT2D eigenvalue weighted by atomic mass is 9.94. The molecular weight excluding hydrogens is 302 g/mol. The minimum atomic E-state index is -0.462. The molecule has 0 aliphatic carbocycles. The molecule has 2 aliphatic rings. The third-order valence-electron chi connectivity index (χ3n) is 4.78. The predicted octanol–water partition coefficient (Wildman–Crippen LogP) is 2.30. The van der Waals surface area contributed by atoms with Crippen LogP contribution in [-0.2, 0) is 17.7 Å². The smallest absolute Gasteiger partial charge is 0.407 e. The lowest BCUT2D eigenvalue weighted by Crippen LogP contribution is -2.60. The average molecular weight is 331 g/mol. The first-order chi connectivity index (χ1) is 11.4. The van der Waals surface area contributed by atoms with Gasteiger partial charge in [0.1, 0.15) is 5.60 Å². The topological polar surface area (TPSA) is 53.6 Å². The second-order valence-corrected chi connectivity index (χ2v) is 7.80. The molecule has 2 aliphatic heterocycles. The van der Waals surface area contributed by atoms with Crippen molar-refractivity contribution in [1.29, 1.82) is 0 Å². The molecule has 1 aromatic carbocycles. The first kappa shape index (κ1) is 17.2. The molecule has 5 heteroatoms. The Kier molecular flexibility index (Phi) is 5.11. The number of benzene rings is 1. The Bertz CT molecular complexity index is 582. The molecule has 1 amide bonds. The molecule has 1 fully saturated rings. The van der Waals surface area contributed by atoms with Crippen molar-refractivity contribution in [2.45, 2.75) is 57.8 Å². The molecule has 2 N–H and O–H groups in total. The number of fused-ring (bicyclic) bond motifs is 1. The van der Waals surface area contributed by atoms with Crippen molar-refractivity contribution in [3.63, 3.8) is 0 Å². The van der Waals surface area contributed by atoms with Crippen molar-refractivity contribution < 1.29 is 9.53 Å². The van der Waals surface area contributed by atoms with Crippen molar-refractivity contribution in [3.8, 4) is 0 Å². The SMILES string of the molecule is CC(C)(C)OC(=O)NC1CCNCC1N1CCc2ccccc2C1. The van der Waals surface area contributed by atoms with Gasteiger partial charge in [-0.2, -0.15) is 0 Å². The van der Waals surface area contributed by atoms with E-state index in [1.165, 1.54) is 11.1 Å². The van der Waals surface area contributed by atoms with Crippen LogP contribution in [0.15, 0.2) is 24.3 Å². The monoisotopic (exact) mass is 331 g/mol. The zero-order chi connectivity index (χ0) is 17.2. The van der Waals surface area contributed by atoms with Crippen molar-refractivity contribution in [2.24, 2.45) is 0 Å². The zero-order valence-corrected chi connectivity index (χ0v) is 15.0. The second kappa shape index (κ2) is 7.11. The summed E-state index contributed by atoms with van der Waals surface area (Å²) in [4.78, 5) is 14.7. The van der Waals surface area contributed by atoms with E-state index >= 15 is 0 Å². The van der Waals surface area contributed by atoms with E-state index in [9.17, 15) is 4.79 Å². The third kappa shape index (κ3) is 4.28. The van der Waals surface area contributed by atoms with E-state index in [1.807, 2.05) is 20.8 Å². The number of amides is 1. The van der Waals surface area contributed by atoms with Crippen LogP contribution in [0.2, 0.25) is 0 Å². The van der Waals surface area contributed by atoms with Gasteiger partial charge >= 0.3 is 6.09 Å².